The van der Waals surface area contributed by atoms with Gasteiger partial charge < -0.3 is 19.3 Å². The van der Waals surface area contributed by atoms with Crippen LogP contribution in [0.2, 0.25) is 0 Å². The molecule has 0 aromatic heterocycles. The summed E-state index contributed by atoms with van der Waals surface area (Å²) in [5.74, 6) is 0.581. The molecule has 2 aliphatic rings. The van der Waals surface area contributed by atoms with Gasteiger partial charge >= 0.3 is 5.97 Å². The van der Waals surface area contributed by atoms with Crippen LogP contribution in [0.1, 0.15) is 25.0 Å². The number of nitrogens with one attached hydrogen (secondary N) is 1. The van der Waals surface area contributed by atoms with Gasteiger partial charge in [-0.15, -0.1) is 0 Å². The summed E-state index contributed by atoms with van der Waals surface area (Å²) in [4.78, 5) is 11.1. The van der Waals surface area contributed by atoms with Gasteiger partial charge in [0.05, 0.1) is 25.4 Å². The summed E-state index contributed by atoms with van der Waals surface area (Å²) in [6, 6.07) is 5.07. The van der Waals surface area contributed by atoms with Crippen LogP contribution < -0.4 is 14.8 Å². The standard InChI is InChI=1S/C15H19NO5/c1-9-14(15(17)18)16-8-13(21-9)10-3-4-11-12(7-10)20-6-2-5-19-11/h3-4,7,9,13-14,16H,2,5-6,8H2,1H3,(H,17,18). The lowest BCUT2D eigenvalue weighted by atomic mass is 10.0. The summed E-state index contributed by atoms with van der Waals surface area (Å²) in [6.07, 6.45) is 0.285. The number of hydrogen-bond donors (Lipinski definition) is 2. The molecule has 3 rings (SSSR count). The van der Waals surface area contributed by atoms with E-state index in [1.807, 2.05) is 18.2 Å². The predicted octanol–water partition coefficient (Wildman–Crippen LogP) is 1.35. The zero-order valence-electron chi connectivity index (χ0n) is 11.9. The van der Waals surface area contributed by atoms with Gasteiger partial charge in [-0.05, 0) is 24.6 Å². The Hall–Kier alpha value is -1.79. The smallest absolute Gasteiger partial charge is 0.323 e. The van der Waals surface area contributed by atoms with E-state index in [2.05, 4.69) is 5.32 Å². The van der Waals surface area contributed by atoms with Gasteiger partial charge in [-0.25, -0.2) is 0 Å². The highest BCUT2D eigenvalue weighted by Crippen LogP contribution is 2.34. The maximum atomic E-state index is 11.1. The van der Waals surface area contributed by atoms with Gasteiger partial charge in [0.2, 0.25) is 0 Å². The van der Waals surface area contributed by atoms with Crippen molar-refractivity contribution in [2.24, 2.45) is 0 Å². The Morgan fingerprint density at radius 3 is 2.76 bits per heavy atom. The van der Waals surface area contributed by atoms with Crippen LogP contribution >= 0.6 is 0 Å². The third-order valence-corrected chi connectivity index (χ3v) is 3.78. The first kappa shape index (κ1) is 14.2. The highest BCUT2D eigenvalue weighted by atomic mass is 16.5. The van der Waals surface area contributed by atoms with E-state index in [1.54, 1.807) is 6.92 Å². The number of morpholine rings is 1. The average Bonchev–Trinajstić information content (AvgIpc) is 2.71. The van der Waals surface area contributed by atoms with Crippen LogP contribution in [0, 0.1) is 0 Å². The number of aliphatic carboxylic acids is 1. The summed E-state index contributed by atoms with van der Waals surface area (Å²) in [5, 5.41) is 12.1. The van der Waals surface area contributed by atoms with E-state index in [4.69, 9.17) is 19.3 Å². The average molecular weight is 293 g/mol. The van der Waals surface area contributed by atoms with Crippen LogP contribution in [0.25, 0.3) is 0 Å². The fourth-order valence-corrected chi connectivity index (χ4v) is 2.65. The lowest BCUT2D eigenvalue weighted by Crippen LogP contribution is -2.52. The molecule has 0 saturated carbocycles. The Morgan fingerprint density at radius 2 is 2.05 bits per heavy atom. The minimum Gasteiger partial charge on any atom is -0.490 e. The van der Waals surface area contributed by atoms with Gasteiger partial charge in [0, 0.05) is 13.0 Å². The molecule has 0 radical (unpaired) electrons. The molecule has 1 aromatic carbocycles. The number of hydrogen-bond acceptors (Lipinski definition) is 5. The third-order valence-electron chi connectivity index (χ3n) is 3.78. The van der Waals surface area contributed by atoms with E-state index in [0.29, 0.717) is 19.8 Å². The van der Waals surface area contributed by atoms with Gasteiger partial charge in [-0.2, -0.15) is 0 Å². The molecule has 21 heavy (non-hydrogen) atoms. The summed E-state index contributed by atoms with van der Waals surface area (Å²) in [5.41, 5.74) is 0.961. The van der Waals surface area contributed by atoms with Crippen molar-refractivity contribution in [2.45, 2.75) is 31.6 Å². The molecular formula is C15H19NO5. The van der Waals surface area contributed by atoms with Crippen LogP contribution in [-0.2, 0) is 9.53 Å². The summed E-state index contributed by atoms with van der Waals surface area (Å²) in [6.45, 7) is 3.52. The van der Waals surface area contributed by atoms with Gasteiger partial charge in [0.1, 0.15) is 6.04 Å². The second-order valence-corrected chi connectivity index (χ2v) is 5.31. The van der Waals surface area contributed by atoms with E-state index < -0.39 is 18.1 Å². The molecule has 2 heterocycles. The van der Waals surface area contributed by atoms with Crippen molar-refractivity contribution < 1.29 is 24.1 Å². The van der Waals surface area contributed by atoms with Crippen molar-refractivity contribution >= 4 is 5.97 Å². The number of carboxylic acid groups (broad SMARTS) is 1. The fraction of sp³-hybridized carbons (Fsp3) is 0.533. The molecule has 0 spiro atoms. The van der Waals surface area contributed by atoms with Crippen molar-refractivity contribution in [3.8, 4) is 11.5 Å². The zero-order chi connectivity index (χ0) is 14.8. The largest absolute Gasteiger partial charge is 0.490 e. The molecule has 2 aliphatic heterocycles. The van der Waals surface area contributed by atoms with Crippen LogP contribution in [0.3, 0.4) is 0 Å². The molecule has 6 heteroatoms. The van der Waals surface area contributed by atoms with Crippen molar-refractivity contribution in [3.63, 3.8) is 0 Å². The molecule has 1 aromatic rings. The molecular weight excluding hydrogens is 274 g/mol. The molecule has 3 atom stereocenters. The van der Waals surface area contributed by atoms with Crippen LogP contribution in [0.4, 0.5) is 0 Å². The number of ether oxygens (including phenoxy) is 3. The lowest BCUT2D eigenvalue weighted by molar-refractivity contribution is -0.149. The van der Waals surface area contributed by atoms with Crippen molar-refractivity contribution in [1.82, 2.24) is 5.32 Å². The van der Waals surface area contributed by atoms with Crippen molar-refractivity contribution in [1.29, 1.82) is 0 Å². The zero-order valence-corrected chi connectivity index (χ0v) is 11.9. The minimum absolute atomic E-state index is 0.187. The van der Waals surface area contributed by atoms with Gasteiger partial charge in [-0.1, -0.05) is 6.07 Å². The van der Waals surface area contributed by atoms with Crippen LogP contribution in [-0.4, -0.2) is 43.0 Å². The second kappa shape index (κ2) is 5.91. The molecule has 1 saturated heterocycles. The second-order valence-electron chi connectivity index (χ2n) is 5.31. The van der Waals surface area contributed by atoms with Crippen molar-refractivity contribution in [3.05, 3.63) is 23.8 Å². The summed E-state index contributed by atoms with van der Waals surface area (Å²) in [7, 11) is 0. The van der Waals surface area contributed by atoms with Gasteiger partial charge in [0.25, 0.3) is 0 Å². The van der Waals surface area contributed by atoms with Gasteiger partial charge in [-0.3, -0.25) is 10.1 Å². The first-order chi connectivity index (χ1) is 10.1. The lowest BCUT2D eigenvalue weighted by Gasteiger charge is -2.33. The van der Waals surface area contributed by atoms with E-state index in [9.17, 15) is 4.79 Å². The first-order valence-corrected chi connectivity index (χ1v) is 7.16. The van der Waals surface area contributed by atoms with E-state index >= 15 is 0 Å². The van der Waals surface area contributed by atoms with E-state index in [0.717, 1.165) is 23.5 Å². The molecule has 3 unspecified atom stereocenters. The number of fused-ring (bicyclic) bond motifs is 1. The van der Waals surface area contributed by atoms with Crippen molar-refractivity contribution in [2.75, 3.05) is 19.8 Å². The maximum absolute atomic E-state index is 11.1. The molecule has 114 valence electrons. The molecule has 0 aliphatic carbocycles. The monoisotopic (exact) mass is 293 g/mol. The highest BCUT2D eigenvalue weighted by Gasteiger charge is 2.33. The summed E-state index contributed by atoms with van der Waals surface area (Å²) >= 11 is 0. The third kappa shape index (κ3) is 2.96. The highest BCUT2D eigenvalue weighted by molar-refractivity contribution is 5.74. The summed E-state index contributed by atoms with van der Waals surface area (Å²) < 4.78 is 17.1. The van der Waals surface area contributed by atoms with Crippen LogP contribution in [0.5, 0.6) is 11.5 Å². The molecule has 1 fully saturated rings. The number of carboxylic acids is 1. The Balaban J connectivity index is 1.76. The normalized spacial score (nSPS) is 28.7. The molecule has 0 bridgehead atoms. The van der Waals surface area contributed by atoms with E-state index in [1.165, 1.54) is 0 Å². The van der Waals surface area contributed by atoms with E-state index in [-0.39, 0.29) is 6.10 Å². The number of benzene rings is 1. The minimum atomic E-state index is -0.889. The topological polar surface area (TPSA) is 77.0 Å². The van der Waals surface area contributed by atoms with Gasteiger partial charge in [0.15, 0.2) is 11.5 Å². The molecule has 2 N–H and O–H groups in total. The number of rotatable bonds is 2. The maximum Gasteiger partial charge on any atom is 0.323 e. The molecule has 0 amide bonds. The fourth-order valence-electron chi connectivity index (χ4n) is 2.65. The quantitative estimate of drug-likeness (QED) is 0.857. The Morgan fingerprint density at radius 1 is 1.29 bits per heavy atom. The Kier molecular flexibility index (Phi) is 3.98. The first-order valence-electron chi connectivity index (χ1n) is 7.16. The predicted molar refractivity (Wildman–Crippen MR) is 74.8 cm³/mol. The SMILES string of the molecule is CC1OC(c2ccc3c(c2)OCCCO3)CNC1C(=O)O. The molecule has 6 nitrogen and oxygen atoms in total. The Bertz CT molecular complexity index is 533. The Labute approximate surface area is 123 Å². The van der Waals surface area contributed by atoms with Crippen LogP contribution in [0.15, 0.2) is 18.2 Å². The number of carbonyl (C=O) groups is 1.